The van der Waals surface area contributed by atoms with Gasteiger partial charge in [0.15, 0.2) is 0 Å². The van der Waals surface area contributed by atoms with Crippen molar-refractivity contribution >= 4 is 28.7 Å². The van der Waals surface area contributed by atoms with Gasteiger partial charge in [0.25, 0.3) is 5.89 Å². The number of carbonyl (C=O) groups is 1. The Morgan fingerprint density at radius 1 is 1.17 bits per heavy atom. The second-order valence-corrected chi connectivity index (χ2v) is 5.56. The Hall–Kier alpha value is -2.92. The third-order valence-corrected chi connectivity index (χ3v) is 3.74. The van der Waals surface area contributed by atoms with Gasteiger partial charge < -0.3 is 9.63 Å². The van der Waals surface area contributed by atoms with Crippen LogP contribution < -0.4 is 0 Å². The van der Waals surface area contributed by atoms with Crippen molar-refractivity contribution in [1.29, 1.82) is 0 Å². The number of benzene rings is 2. The fourth-order valence-corrected chi connectivity index (χ4v) is 2.39. The highest BCUT2D eigenvalue weighted by Gasteiger charge is 2.13. The van der Waals surface area contributed by atoms with Crippen LogP contribution in [0.4, 0.5) is 0 Å². The molecule has 24 heavy (non-hydrogen) atoms. The molecule has 0 radical (unpaired) electrons. The van der Waals surface area contributed by atoms with Gasteiger partial charge in [-0.1, -0.05) is 53.2 Å². The molecule has 1 heterocycles. The van der Waals surface area contributed by atoms with Crippen molar-refractivity contribution in [3.8, 4) is 11.4 Å². The lowest BCUT2D eigenvalue weighted by Crippen LogP contribution is -1.94. The Labute approximate surface area is 143 Å². The standard InChI is InChI=1S/C18H13ClN2O3/c1-11-4-2-3-5-14(11)16-20-17(24-21-16)15(19)10-12-6-8-13(9-7-12)18(22)23/h2-10H,1H3,(H,22,23)/b15-10-. The first kappa shape index (κ1) is 16.0. The lowest BCUT2D eigenvalue weighted by molar-refractivity contribution is 0.0697. The quantitative estimate of drug-likeness (QED) is 0.757. The summed E-state index contributed by atoms with van der Waals surface area (Å²) in [6, 6.07) is 14.0. The minimum absolute atomic E-state index is 0.206. The van der Waals surface area contributed by atoms with Crippen LogP contribution in [0.3, 0.4) is 0 Å². The number of aromatic nitrogens is 2. The molecule has 1 N–H and O–H groups in total. The molecule has 3 rings (SSSR count). The average molecular weight is 341 g/mol. The number of halogens is 1. The number of hydrogen-bond donors (Lipinski definition) is 1. The zero-order chi connectivity index (χ0) is 17.1. The number of aryl methyl sites for hydroxylation is 1. The Morgan fingerprint density at radius 3 is 2.54 bits per heavy atom. The minimum Gasteiger partial charge on any atom is -0.478 e. The molecule has 0 saturated carbocycles. The first-order chi connectivity index (χ1) is 11.5. The van der Waals surface area contributed by atoms with Crippen LogP contribution in [0, 0.1) is 6.92 Å². The Morgan fingerprint density at radius 2 is 1.88 bits per heavy atom. The second kappa shape index (κ2) is 6.68. The maximum absolute atomic E-state index is 10.8. The van der Waals surface area contributed by atoms with Gasteiger partial charge in [0, 0.05) is 5.56 Å². The summed E-state index contributed by atoms with van der Waals surface area (Å²) in [6.45, 7) is 1.97. The topological polar surface area (TPSA) is 76.2 Å². The molecule has 0 spiro atoms. The number of hydrogen-bond acceptors (Lipinski definition) is 4. The number of carboxylic acid groups (broad SMARTS) is 1. The summed E-state index contributed by atoms with van der Waals surface area (Å²) in [7, 11) is 0. The van der Waals surface area contributed by atoms with E-state index in [1.807, 2.05) is 31.2 Å². The first-order valence-corrected chi connectivity index (χ1v) is 7.53. The molecule has 120 valence electrons. The molecule has 0 atom stereocenters. The van der Waals surface area contributed by atoms with E-state index in [0.29, 0.717) is 5.82 Å². The van der Waals surface area contributed by atoms with Crippen molar-refractivity contribution in [3.05, 3.63) is 71.1 Å². The Kier molecular flexibility index (Phi) is 4.44. The third-order valence-electron chi connectivity index (χ3n) is 3.47. The van der Waals surface area contributed by atoms with Gasteiger partial charge in [-0.05, 0) is 36.3 Å². The van der Waals surface area contributed by atoms with Crippen molar-refractivity contribution in [1.82, 2.24) is 10.1 Å². The number of rotatable bonds is 4. The van der Waals surface area contributed by atoms with Crippen molar-refractivity contribution in [3.63, 3.8) is 0 Å². The molecule has 0 aliphatic rings. The van der Waals surface area contributed by atoms with Crippen molar-refractivity contribution in [2.75, 3.05) is 0 Å². The second-order valence-electron chi connectivity index (χ2n) is 5.16. The monoisotopic (exact) mass is 340 g/mol. The molecule has 0 unspecified atom stereocenters. The molecule has 0 amide bonds. The van der Waals surface area contributed by atoms with Gasteiger partial charge in [-0.25, -0.2) is 4.79 Å². The fourth-order valence-electron chi connectivity index (χ4n) is 2.18. The highest BCUT2D eigenvalue weighted by atomic mass is 35.5. The van der Waals surface area contributed by atoms with Crippen LogP contribution in [0.5, 0.6) is 0 Å². The number of aromatic carboxylic acids is 1. The van der Waals surface area contributed by atoms with Crippen LogP contribution in [0.25, 0.3) is 22.5 Å². The van der Waals surface area contributed by atoms with Gasteiger partial charge in [0.1, 0.15) is 5.03 Å². The number of nitrogens with zero attached hydrogens (tertiary/aromatic N) is 2. The molecule has 3 aromatic rings. The minimum atomic E-state index is -0.976. The van der Waals surface area contributed by atoms with E-state index in [0.717, 1.165) is 16.7 Å². The van der Waals surface area contributed by atoms with Crippen molar-refractivity contribution < 1.29 is 14.4 Å². The molecule has 2 aromatic carbocycles. The summed E-state index contributed by atoms with van der Waals surface area (Å²) >= 11 is 6.23. The van der Waals surface area contributed by atoms with Gasteiger partial charge in [-0.2, -0.15) is 4.98 Å². The predicted molar refractivity (Wildman–Crippen MR) is 91.6 cm³/mol. The Bertz CT molecular complexity index is 914. The highest BCUT2D eigenvalue weighted by molar-refractivity contribution is 6.50. The van der Waals surface area contributed by atoms with Gasteiger partial charge in [0.2, 0.25) is 5.82 Å². The van der Waals surface area contributed by atoms with Crippen LogP contribution >= 0.6 is 11.6 Å². The molecule has 0 aliphatic carbocycles. The molecular weight excluding hydrogens is 328 g/mol. The highest BCUT2D eigenvalue weighted by Crippen LogP contribution is 2.25. The number of carboxylic acids is 1. The zero-order valence-corrected chi connectivity index (χ0v) is 13.5. The van der Waals surface area contributed by atoms with E-state index in [4.69, 9.17) is 21.2 Å². The van der Waals surface area contributed by atoms with E-state index in [-0.39, 0.29) is 16.5 Å². The van der Waals surface area contributed by atoms with Crippen LogP contribution in [-0.2, 0) is 0 Å². The van der Waals surface area contributed by atoms with Crippen LogP contribution in [-0.4, -0.2) is 21.2 Å². The van der Waals surface area contributed by atoms with Gasteiger partial charge in [-0.15, -0.1) is 0 Å². The lowest BCUT2D eigenvalue weighted by Gasteiger charge is -1.98. The molecule has 0 bridgehead atoms. The zero-order valence-electron chi connectivity index (χ0n) is 12.7. The molecular formula is C18H13ClN2O3. The van der Waals surface area contributed by atoms with Gasteiger partial charge in [-0.3, -0.25) is 0 Å². The summed E-state index contributed by atoms with van der Waals surface area (Å²) in [5.74, 6) is -0.301. The van der Waals surface area contributed by atoms with Crippen molar-refractivity contribution in [2.45, 2.75) is 6.92 Å². The maximum Gasteiger partial charge on any atom is 0.335 e. The van der Waals surface area contributed by atoms with E-state index in [1.165, 1.54) is 12.1 Å². The Balaban J connectivity index is 1.86. The third kappa shape index (κ3) is 3.36. The van der Waals surface area contributed by atoms with E-state index in [2.05, 4.69) is 10.1 Å². The molecule has 0 saturated heterocycles. The molecule has 5 nitrogen and oxygen atoms in total. The van der Waals surface area contributed by atoms with E-state index < -0.39 is 5.97 Å². The lowest BCUT2D eigenvalue weighted by atomic mass is 10.1. The van der Waals surface area contributed by atoms with Crippen LogP contribution in [0.2, 0.25) is 0 Å². The first-order valence-electron chi connectivity index (χ1n) is 7.15. The summed E-state index contributed by atoms with van der Waals surface area (Å²) in [6.07, 6.45) is 1.64. The van der Waals surface area contributed by atoms with Crippen molar-refractivity contribution in [2.24, 2.45) is 0 Å². The predicted octanol–water partition coefficient (Wildman–Crippen LogP) is 4.48. The molecule has 1 aromatic heterocycles. The smallest absolute Gasteiger partial charge is 0.335 e. The van der Waals surface area contributed by atoms with E-state index in [9.17, 15) is 4.79 Å². The average Bonchev–Trinajstić information content (AvgIpc) is 3.05. The summed E-state index contributed by atoms with van der Waals surface area (Å²) in [5, 5.41) is 13.1. The fraction of sp³-hybridized carbons (Fsp3) is 0.0556. The SMILES string of the molecule is Cc1ccccc1-c1noc(/C(Cl)=C/c2ccc(C(=O)O)cc2)n1. The van der Waals surface area contributed by atoms with Crippen LogP contribution in [0.15, 0.2) is 53.1 Å². The summed E-state index contributed by atoms with van der Waals surface area (Å²) in [4.78, 5) is 15.2. The van der Waals surface area contributed by atoms with Gasteiger partial charge in [0.05, 0.1) is 5.56 Å². The van der Waals surface area contributed by atoms with Crippen LogP contribution in [0.1, 0.15) is 27.4 Å². The normalized spacial score (nSPS) is 11.5. The van der Waals surface area contributed by atoms with Gasteiger partial charge >= 0.3 is 5.97 Å². The summed E-state index contributed by atoms with van der Waals surface area (Å²) in [5.41, 5.74) is 2.86. The van der Waals surface area contributed by atoms with E-state index >= 15 is 0 Å². The molecule has 6 heteroatoms. The molecule has 0 fully saturated rings. The largest absolute Gasteiger partial charge is 0.478 e. The van der Waals surface area contributed by atoms with E-state index in [1.54, 1.807) is 18.2 Å². The molecule has 0 aliphatic heterocycles. The summed E-state index contributed by atoms with van der Waals surface area (Å²) < 4.78 is 5.21. The maximum atomic E-state index is 10.8.